The number of carbonyl (C=O) groups excluding carboxylic acids is 2. The maximum Gasteiger partial charge on any atom is 0.422 e. The number of piperidine rings is 1. The number of nitrogens with zero attached hydrogens (tertiary/aromatic N) is 1. The third kappa shape index (κ3) is 6.47. The molecule has 0 aromatic heterocycles. The minimum Gasteiger partial charge on any atom is -0.440 e. The zero-order valence-corrected chi connectivity index (χ0v) is 17.2. The zero-order chi connectivity index (χ0) is 22.4. The number of carbonyl (C=O) groups is 2. The summed E-state index contributed by atoms with van der Waals surface area (Å²) in [4.78, 5) is 26.0. The number of alkyl halides is 3. The molecule has 1 atom stereocenters. The summed E-state index contributed by atoms with van der Waals surface area (Å²) in [6.07, 6.45) is -4.83. The van der Waals surface area contributed by atoms with Crippen LogP contribution in [0.25, 0.3) is 0 Å². The fourth-order valence-electron chi connectivity index (χ4n) is 3.58. The molecule has 1 fully saturated rings. The van der Waals surface area contributed by atoms with Crippen molar-refractivity contribution in [2.45, 2.75) is 32.0 Å². The summed E-state index contributed by atoms with van der Waals surface area (Å²) in [6.45, 7) is 0.736. The number of ether oxygens (including phenoxy) is 1. The fraction of sp³-hybridized carbons (Fsp3) is 0.391. The largest absolute Gasteiger partial charge is 0.440 e. The highest BCUT2D eigenvalue weighted by Gasteiger charge is 2.33. The molecule has 1 aliphatic rings. The molecule has 0 bridgehead atoms. The van der Waals surface area contributed by atoms with Gasteiger partial charge in [-0.15, -0.1) is 0 Å². The van der Waals surface area contributed by atoms with Gasteiger partial charge < -0.3 is 15.0 Å². The Morgan fingerprint density at radius 3 is 2.19 bits per heavy atom. The lowest BCUT2D eigenvalue weighted by molar-refractivity contribution is -0.162. The van der Waals surface area contributed by atoms with E-state index in [0.717, 1.165) is 16.7 Å². The van der Waals surface area contributed by atoms with Gasteiger partial charge in [0.2, 0.25) is 5.91 Å². The molecule has 0 spiro atoms. The average Bonchev–Trinajstić information content (AvgIpc) is 2.76. The highest BCUT2D eigenvalue weighted by molar-refractivity contribution is 5.80. The van der Waals surface area contributed by atoms with Crippen LogP contribution in [0, 0.1) is 12.8 Å². The van der Waals surface area contributed by atoms with Gasteiger partial charge in [-0.3, -0.25) is 4.79 Å². The van der Waals surface area contributed by atoms with Gasteiger partial charge in [-0.05, 0) is 30.9 Å². The number of aryl methyl sites for hydroxylation is 1. The molecule has 1 aliphatic heterocycles. The second-order valence-electron chi connectivity index (χ2n) is 7.69. The van der Waals surface area contributed by atoms with Crippen molar-refractivity contribution in [3.05, 3.63) is 71.3 Å². The van der Waals surface area contributed by atoms with Crippen LogP contribution in [-0.2, 0) is 9.53 Å². The van der Waals surface area contributed by atoms with Crippen LogP contribution in [0.5, 0.6) is 0 Å². The highest BCUT2D eigenvalue weighted by Crippen LogP contribution is 2.25. The van der Waals surface area contributed by atoms with E-state index in [9.17, 15) is 22.8 Å². The summed E-state index contributed by atoms with van der Waals surface area (Å²) in [5, 5.41) is 3.11. The van der Waals surface area contributed by atoms with Crippen molar-refractivity contribution in [2.75, 3.05) is 19.7 Å². The molecule has 0 radical (unpaired) electrons. The molecule has 31 heavy (non-hydrogen) atoms. The first-order valence-electron chi connectivity index (χ1n) is 10.1. The van der Waals surface area contributed by atoms with E-state index in [0.29, 0.717) is 12.8 Å². The first kappa shape index (κ1) is 22.7. The van der Waals surface area contributed by atoms with Crippen LogP contribution >= 0.6 is 0 Å². The van der Waals surface area contributed by atoms with Crippen LogP contribution in [0.2, 0.25) is 0 Å². The van der Waals surface area contributed by atoms with Gasteiger partial charge in [0.25, 0.3) is 0 Å². The van der Waals surface area contributed by atoms with E-state index in [-0.39, 0.29) is 31.0 Å². The Labute approximate surface area is 179 Å². The maximum absolute atomic E-state index is 13.0. The lowest BCUT2D eigenvalue weighted by Gasteiger charge is -2.32. The molecular weight excluding hydrogens is 409 g/mol. The van der Waals surface area contributed by atoms with E-state index in [1.165, 1.54) is 4.90 Å². The van der Waals surface area contributed by atoms with E-state index in [1.807, 2.05) is 61.5 Å². The maximum atomic E-state index is 13.0. The second kappa shape index (κ2) is 9.85. The van der Waals surface area contributed by atoms with Gasteiger partial charge in [-0.25, -0.2) is 4.79 Å². The van der Waals surface area contributed by atoms with Crippen LogP contribution in [0.1, 0.15) is 35.6 Å². The van der Waals surface area contributed by atoms with Gasteiger partial charge >= 0.3 is 12.3 Å². The molecule has 1 heterocycles. The molecule has 3 rings (SSSR count). The Morgan fingerprint density at radius 2 is 1.61 bits per heavy atom. The van der Waals surface area contributed by atoms with E-state index < -0.39 is 18.9 Å². The molecule has 2 amide bonds. The lowest BCUT2D eigenvalue weighted by atomic mass is 9.93. The Hall–Kier alpha value is -3.03. The molecule has 2 aromatic carbocycles. The number of halogens is 3. The molecule has 2 aromatic rings. The minimum absolute atomic E-state index is 0.141. The van der Waals surface area contributed by atoms with Crippen molar-refractivity contribution < 1.29 is 27.5 Å². The Balaban J connectivity index is 1.61. The Bertz CT molecular complexity index is 877. The first-order chi connectivity index (χ1) is 14.7. The van der Waals surface area contributed by atoms with Crippen LogP contribution in [0.3, 0.4) is 0 Å². The smallest absolute Gasteiger partial charge is 0.422 e. The molecular formula is C23H25F3N2O3. The summed E-state index contributed by atoms with van der Waals surface area (Å²) in [7, 11) is 0. The predicted octanol–water partition coefficient (Wildman–Crippen LogP) is 4.61. The van der Waals surface area contributed by atoms with E-state index in [1.54, 1.807) is 0 Å². The first-order valence-corrected chi connectivity index (χ1v) is 10.1. The van der Waals surface area contributed by atoms with Crippen molar-refractivity contribution in [3.63, 3.8) is 0 Å². The standard InChI is InChI=1S/C23H25F3N2O3/c1-16-7-9-18(10-8-16)20(17-5-3-2-4-6-17)27-21(29)19-11-13-28(14-12-19)22(30)31-15-23(24,25)26/h2-10,19-20H,11-15H2,1H3,(H,27,29). The fourth-order valence-corrected chi connectivity index (χ4v) is 3.58. The Morgan fingerprint density at radius 1 is 1.03 bits per heavy atom. The molecule has 8 heteroatoms. The van der Waals surface area contributed by atoms with Gasteiger partial charge in [-0.2, -0.15) is 13.2 Å². The second-order valence-corrected chi connectivity index (χ2v) is 7.69. The summed E-state index contributed by atoms with van der Waals surface area (Å²) < 4.78 is 41.0. The van der Waals surface area contributed by atoms with E-state index in [2.05, 4.69) is 10.1 Å². The predicted molar refractivity (Wildman–Crippen MR) is 109 cm³/mol. The average molecular weight is 434 g/mol. The molecule has 5 nitrogen and oxygen atoms in total. The third-order valence-corrected chi connectivity index (χ3v) is 5.31. The molecule has 1 saturated heterocycles. The summed E-state index contributed by atoms with van der Waals surface area (Å²) in [5.74, 6) is -0.471. The van der Waals surface area contributed by atoms with Gasteiger partial charge in [-0.1, -0.05) is 60.2 Å². The van der Waals surface area contributed by atoms with Crippen LogP contribution in [-0.4, -0.2) is 42.8 Å². The van der Waals surface area contributed by atoms with Gasteiger partial charge in [0.1, 0.15) is 0 Å². The summed E-state index contributed by atoms with van der Waals surface area (Å²) >= 11 is 0. The van der Waals surface area contributed by atoms with Crippen molar-refractivity contribution >= 4 is 12.0 Å². The topological polar surface area (TPSA) is 58.6 Å². The van der Waals surface area contributed by atoms with Crippen molar-refractivity contribution in [1.29, 1.82) is 0 Å². The summed E-state index contributed by atoms with van der Waals surface area (Å²) in [5.41, 5.74) is 3.03. The van der Waals surface area contributed by atoms with Crippen LogP contribution in [0.15, 0.2) is 54.6 Å². The number of rotatable bonds is 5. The quantitative estimate of drug-likeness (QED) is 0.748. The van der Waals surface area contributed by atoms with E-state index >= 15 is 0 Å². The highest BCUT2D eigenvalue weighted by atomic mass is 19.4. The van der Waals surface area contributed by atoms with Gasteiger partial charge in [0, 0.05) is 19.0 Å². The number of hydrogen-bond acceptors (Lipinski definition) is 3. The number of likely N-dealkylation sites (tertiary alicyclic amines) is 1. The van der Waals surface area contributed by atoms with Gasteiger partial charge in [0.15, 0.2) is 6.61 Å². The monoisotopic (exact) mass is 434 g/mol. The number of nitrogens with one attached hydrogen (secondary N) is 1. The molecule has 0 aliphatic carbocycles. The van der Waals surface area contributed by atoms with Crippen molar-refractivity contribution in [2.24, 2.45) is 5.92 Å². The zero-order valence-electron chi connectivity index (χ0n) is 17.2. The van der Waals surface area contributed by atoms with Gasteiger partial charge in [0.05, 0.1) is 6.04 Å². The van der Waals surface area contributed by atoms with Crippen LogP contribution in [0.4, 0.5) is 18.0 Å². The van der Waals surface area contributed by atoms with Crippen LogP contribution < -0.4 is 5.32 Å². The number of benzene rings is 2. The molecule has 1 unspecified atom stereocenters. The third-order valence-electron chi connectivity index (χ3n) is 5.31. The molecule has 166 valence electrons. The normalized spacial score (nSPS) is 15.9. The Kier molecular flexibility index (Phi) is 7.20. The molecule has 1 N–H and O–H groups in total. The van der Waals surface area contributed by atoms with Crippen molar-refractivity contribution in [1.82, 2.24) is 10.2 Å². The minimum atomic E-state index is -4.56. The number of amides is 2. The SMILES string of the molecule is Cc1ccc(C(NC(=O)C2CCN(C(=O)OCC(F)(F)F)CC2)c2ccccc2)cc1. The lowest BCUT2D eigenvalue weighted by Crippen LogP contribution is -2.44. The van der Waals surface area contributed by atoms with Crippen molar-refractivity contribution in [3.8, 4) is 0 Å². The number of hydrogen-bond donors (Lipinski definition) is 1. The molecule has 0 saturated carbocycles. The summed E-state index contributed by atoms with van der Waals surface area (Å²) in [6, 6.07) is 17.2. The van der Waals surface area contributed by atoms with E-state index in [4.69, 9.17) is 0 Å².